The molecule has 0 aliphatic carbocycles. The van der Waals surface area contributed by atoms with Gasteiger partial charge in [0.05, 0.1) is 23.4 Å². The molecule has 0 spiro atoms. The number of Topliss-reactive ketones (excluding diaryl/α,β-unsaturated/α-hetero) is 1. The van der Waals surface area contributed by atoms with E-state index in [0.29, 0.717) is 28.5 Å². The zero-order valence-electron chi connectivity index (χ0n) is 14.6. The Balaban J connectivity index is 1.50. The van der Waals surface area contributed by atoms with Gasteiger partial charge in [-0.2, -0.15) is 0 Å². The van der Waals surface area contributed by atoms with Gasteiger partial charge in [0.25, 0.3) is 0 Å². The molecule has 6 heteroatoms. The maximum Gasteiger partial charge on any atom is 0.340 e. The molecule has 0 unspecified atom stereocenters. The lowest BCUT2D eigenvalue weighted by atomic mass is 10.1. The van der Waals surface area contributed by atoms with Crippen molar-refractivity contribution in [1.82, 2.24) is 4.98 Å². The van der Waals surface area contributed by atoms with Gasteiger partial charge in [-0.25, -0.2) is 4.79 Å². The van der Waals surface area contributed by atoms with Crippen molar-refractivity contribution >= 4 is 34.3 Å². The van der Waals surface area contributed by atoms with E-state index in [1.54, 1.807) is 49.4 Å². The number of nitrogens with zero attached hydrogens (tertiary/aromatic N) is 1. The molecule has 0 saturated heterocycles. The van der Waals surface area contributed by atoms with E-state index in [4.69, 9.17) is 21.1 Å². The highest BCUT2D eigenvalue weighted by Gasteiger charge is 2.18. The van der Waals surface area contributed by atoms with Crippen LogP contribution in [0.5, 0.6) is 5.75 Å². The highest BCUT2D eigenvalue weighted by molar-refractivity contribution is 6.31. The molecular formula is C21H16ClNO4. The minimum Gasteiger partial charge on any atom is -0.493 e. The van der Waals surface area contributed by atoms with Crippen molar-refractivity contribution < 1.29 is 19.1 Å². The highest BCUT2D eigenvalue weighted by Crippen LogP contribution is 2.26. The number of aryl methyl sites for hydroxylation is 1. The Bertz CT molecular complexity index is 1080. The van der Waals surface area contributed by atoms with E-state index in [2.05, 4.69) is 4.98 Å². The number of benzene rings is 2. The molecule has 1 aliphatic rings. The van der Waals surface area contributed by atoms with Crippen LogP contribution in [0, 0.1) is 6.92 Å². The summed E-state index contributed by atoms with van der Waals surface area (Å²) in [6, 6.07) is 12.2. The number of carbonyl (C=O) groups is 2. The molecule has 1 aliphatic heterocycles. The molecule has 27 heavy (non-hydrogen) atoms. The van der Waals surface area contributed by atoms with E-state index in [9.17, 15) is 9.59 Å². The van der Waals surface area contributed by atoms with Gasteiger partial charge >= 0.3 is 5.97 Å². The smallest absolute Gasteiger partial charge is 0.340 e. The van der Waals surface area contributed by atoms with Gasteiger partial charge in [-0.05, 0) is 55.0 Å². The summed E-state index contributed by atoms with van der Waals surface area (Å²) in [7, 11) is 0. The molecule has 3 aromatic rings. The van der Waals surface area contributed by atoms with Crippen LogP contribution in [0.4, 0.5) is 0 Å². The number of aromatic nitrogens is 1. The quantitative estimate of drug-likeness (QED) is 0.501. The predicted octanol–water partition coefficient (Wildman–Crippen LogP) is 4.17. The molecule has 0 N–H and O–H groups in total. The number of fused-ring (bicyclic) bond motifs is 2. The van der Waals surface area contributed by atoms with E-state index >= 15 is 0 Å². The van der Waals surface area contributed by atoms with Gasteiger partial charge in [0.2, 0.25) is 0 Å². The lowest BCUT2D eigenvalue weighted by molar-refractivity contribution is 0.0473. The number of esters is 1. The summed E-state index contributed by atoms with van der Waals surface area (Å²) in [4.78, 5) is 29.2. The van der Waals surface area contributed by atoms with E-state index < -0.39 is 5.97 Å². The Morgan fingerprint density at radius 1 is 1.19 bits per heavy atom. The third-order valence-corrected chi connectivity index (χ3v) is 4.77. The second kappa shape index (κ2) is 7.00. The highest BCUT2D eigenvalue weighted by atomic mass is 35.5. The maximum absolute atomic E-state index is 12.4. The summed E-state index contributed by atoms with van der Waals surface area (Å²) in [5.41, 5.74) is 3.10. The summed E-state index contributed by atoms with van der Waals surface area (Å²) in [6.07, 6.45) is 0.779. The van der Waals surface area contributed by atoms with E-state index in [0.717, 1.165) is 28.6 Å². The van der Waals surface area contributed by atoms with Gasteiger partial charge in [-0.3, -0.25) is 9.78 Å². The van der Waals surface area contributed by atoms with Crippen LogP contribution in [0.2, 0.25) is 5.02 Å². The fourth-order valence-corrected chi connectivity index (χ4v) is 3.28. The molecule has 0 atom stereocenters. The summed E-state index contributed by atoms with van der Waals surface area (Å²) >= 11 is 6.00. The Hall–Kier alpha value is -2.92. The molecule has 0 saturated carbocycles. The Morgan fingerprint density at radius 2 is 2.04 bits per heavy atom. The number of hydrogen-bond acceptors (Lipinski definition) is 5. The molecule has 1 aromatic heterocycles. The topological polar surface area (TPSA) is 65.5 Å². The van der Waals surface area contributed by atoms with Crippen molar-refractivity contribution in [2.45, 2.75) is 13.3 Å². The third kappa shape index (κ3) is 3.51. The van der Waals surface area contributed by atoms with Crippen LogP contribution < -0.4 is 4.74 Å². The number of pyridine rings is 1. The molecule has 5 nitrogen and oxygen atoms in total. The Morgan fingerprint density at radius 3 is 2.89 bits per heavy atom. The largest absolute Gasteiger partial charge is 0.493 e. The van der Waals surface area contributed by atoms with Crippen molar-refractivity contribution in [2.75, 3.05) is 13.2 Å². The molecule has 0 bridgehead atoms. The first-order valence-electron chi connectivity index (χ1n) is 8.54. The lowest BCUT2D eigenvalue weighted by Gasteiger charge is -2.09. The van der Waals surface area contributed by atoms with Gasteiger partial charge in [-0.15, -0.1) is 0 Å². The zero-order valence-corrected chi connectivity index (χ0v) is 15.4. The summed E-state index contributed by atoms with van der Waals surface area (Å²) in [5, 5.41) is 1.30. The molecule has 136 valence electrons. The number of rotatable bonds is 4. The molecular weight excluding hydrogens is 366 g/mol. The fraction of sp³-hybridized carbons (Fsp3) is 0.190. The average Bonchev–Trinajstić information content (AvgIpc) is 3.13. The molecule has 2 aromatic carbocycles. The fourth-order valence-electron chi connectivity index (χ4n) is 3.10. The van der Waals surface area contributed by atoms with E-state index in [1.807, 2.05) is 0 Å². The summed E-state index contributed by atoms with van der Waals surface area (Å²) < 4.78 is 10.7. The van der Waals surface area contributed by atoms with Gasteiger partial charge in [0.15, 0.2) is 12.4 Å². The van der Waals surface area contributed by atoms with E-state index in [1.165, 1.54) is 0 Å². The Kier molecular flexibility index (Phi) is 4.54. The summed E-state index contributed by atoms with van der Waals surface area (Å²) in [5.74, 6) is -0.0349. The number of halogens is 1. The number of ether oxygens (including phenoxy) is 2. The Labute approximate surface area is 160 Å². The van der Waals surface area contributed by atoms with Gasteiger partial charge in [0, 0.05) is 22.4 Å². The molecule has 0 fully saturated rings. The van der Waals surface area contributed by atoms with E-state index in [-0.39, 0.29) is 12.4 Å². The van der Waals surface area contributed by atoms with Gasteiger partial charge in [0.1, 0.15) is 5.75 Å². The first kappa shape index (κ1) is 17.5. The number of ketones is 1. The minimum absolute atomic E-state index is 0.257. The average molecular weight is 382 g/mol. The second-order valence-electron chi connectivity index (χ2n) is 6.38. The summed E-state index contributed by atoms with van der Waals surface area (Å²) in [6.45, 7) is 2.03. The first-order valence-corrected chi connectivity index (χ1v) is 8.92. The minimum atomic E-state index is -0.584. The van der Waals surface area contributed by atoms with Crippen LogP contribution in [0.25, 0.3) is 10.9 Å². The standard InChI is InChI=1S/C21H16ClNO4/c1-12-17(10-15-9-16(22)3-4-18(15)23-12)21(25)27-11-19(24)13-2-5-20-14(8-13)6-7-26-20/h2-5,8-10H,6-7,11H2,1H3. The van der Waals surface area contributed by atoms with Crippen LogP contribution in [0.15, 0.2) is 42.5 Å². The van der Waals surface area contributed by atoms with Crippen LogP contribution in [0.1, 0.15) is 32.0 Å². The van der Waals surface area contributed by atoms with Crippen LogP contribution >= 0.6 is 11.6 Å². The monoisotopic (exact) mass is 381 g/mol. The van der Waals surface area contributed by atoms with Crippen molar-refractivity contribution in [2.24, 2.45) is 0 Å². The van der Waals surface area contributed by atoms with Crippen molar-refractivity contribution in [3.05, 3.63) is 69.9 Å². The molecule has 4 rings (SSSR count). The normalized spacial score (nSPS) is 12.5. The zero-order chi connectivity index (χ0) is 19.0. The van der Waals surface area contributed by atoms with Crippen LogP contribution in [-0.4, -0.2) is 30.0 Å². The van der Waals surface area contributed by atoms with Crippen molar-refractivity contribution in [1.29, 1.82) is 0 Å². The van der Waals surface area contributed by atoms with Crippen LogP contribution in [0.3, 0.4) is 0 Å². The van der Waals surface area contributed by atoms with Crippen LogP contribution in [-0.2, 0) is 11.2 Å². The molecule has 2 heterocycles. The SMILES string of the molecule is Cc1nc2ccc(Cl)cc2cc1C(=O)OCC(=O)c1ccc2c(c1)CCO2. The number of carbonyl (C=O) groups excluding carboxylic acids is 2. The number of hydrogen-bond donors (Lipinski definition) is 0. The third-order valence-electron chi connectivity index (χ3n) is 4.53. The van der Waals surface area contributed by atoms with Crippen molar-refractivity contribution in [3.63, 3.8) is 0 Å². The van der Waals surface area contributed by atoms with Crippen molar-refractivity contribution in [3.8, 4) is 5.75 Å². The molecule has 0 amide bonds. The maximum atomic E-state index is 12.4. The van der Waals surface area contributed by atoms with Gasteiger partial charge < -0.3 is 9.47 Å². The predicted molar refractivity (Wildman–Crippen MR) is 102 cm³/mol. The molecule has 0 radical (unpaired) electrons. The first-order chi connectivity index (χ1) is 13.0. The van der Waals surface area contributed by atoms with Gasteiger partial charge in [-0.1, -0.05) is 11.6 Å². The lowest BCUT2D eigenvalue weighted by Crippen LogP contribution is -2.15. The second-order valence-corrected chi connectivity index (χ2v) is 6.82.